The molecule has 5 fully saturated rings. The van der Waals surface area contributed by atoms with Crippen molar-refractivity contribution in [1.29, 1.82) is 0 Å². The van der Waals surface area contributed by atoms with E-state index >= 15 is 0 Å². The molecule has 0 aromatic heterocycles. The maximum absolute atomic E-state index is 12.5. The monoisotopic (exact) mass is 922 g/mol. The van der Waals surface area contributed by atoms with Gasteiger partial charge in [-0.1, -0.05) is 0 Å². The summed E-state index contributed by atoms with van der Waals surface area (Å²) in [6.07, 6.45) is -37.3. The minimum atomic E-state index is -2.13. The average molecular weight is 923 g/mol. The van der Waals surface area contributed by atoms with Crippen LogP contribution in [0, 0.1) is 5.92 Å². The fraction of sp³-hybridized carbons (Fsp3) is 0.944. The van der Waals surface area contributed by atoms with Gasteiger partial charge in [0.1, 0.15) is 104 Å². The Morgan fingerprint density at radius 2 is 0.905 bits per heavy atom. The average Bonchev–Trinajstić information content (AvgIpc) is 3.24. The molecule has 27 nitrogen and oxygen atoms in total. The standard InChI is InChI=1S/C36H62N2O25/c1-10-19(37-11(2)44)25(50)30(16(7-42)56-10)61-34-20(38-12(3)45)26(51)31(17(8-43)59-34)62-36-29(54)32(63-33-13(4-39)21(46)22(47)14(5-40)57-33)24(49)18(60-36)9-55-35-28(53)27(52)23(48)15(6-41)58-35/h10,13-36,39-43,46-54H,4-9H2,1-3H3,(H,37,44)(H,38,45)/t10-,13?,14?,15?,16?,17?,18?,19?,20?,21?,22+,23+,24+,25?,26?,27?,28+,29?,30+,31+,32?,33+,34-,35-,36-/m0/s1. The number of rotatable bonds is 16. The molecule has 0 aromatic rings. The Morgan fingerprint density at radius 3 is 1.46 bits per heavy atom. The molecule has 5 aliphatic rings. The summed E-state index contributed by atoms with van der Waals surface area (Å²) < 4.78 is 52.1. The second-order valence-electron chi connectivity index (χ2n) is 16.1. The van der Waals surface area contributed by atoms with Gasteiger partial charge in [-0.3, -0.25) is 9.59 Å². The van der Waals surface area contributed by atoms with Gasteiger partial charge in [0, 0.05) is 13.8 Å². The van der Waals surface area contributed by atoms with Crippen molar-refractivity contribution < 1.29 is 124 Å². The van der Waals surface area contributed by atoms with E-state index in [1.165, 1.54) is 13.8 Å². The second-order valence-corrected chi connectivity index (χ2v) is 16.1. The first kappa shape index (κ1) is 52.0. The molecule has 5 heterocycles. The van der Waals surface area contributed by atoms with Gasteiger partial charge in [0.25, 0.3) is 0 Å². The van der Waals surface area contributed by atoms with Crippen LogP contribution in [0.4, 0.5) is 0 Å². The van der Waals surface area contributed by atoms with E-state index in [0.717, 1.165) is 6.92 Å². The van der Waals surface area contributed by atoms with E-state index < -0.39 is 204 Å². The lowest BCUT2D eigenvalue weighted by molar-refractivity contribution is -0.381. The molecule has 5 saturated heterocycles. The first-order valence-corrected chi connectivity index (χ1v) is 20.4. The van der Waals surface area contributed by atoms with Crippen LogP contribution in [0.5, 0.6) is 0 Å². The molecular formula is C36H62N2O25. The number of hydrogen-bond donors (Lipinski definition) is 16. The Balaban J connectivity index is 1.43. The summed E-state index contributed by atoms with van der Waals surface area (Å²) in [5.41, 5.74) is 0. The topological polar surface area (TPSA) is 424 Å². The number of carbonyl (C=O) groups excluding carboxylic acids is 2. The number of ether oxygens (including phenoxy) is 9. The molecule has 0 spiro atoms. The molecule has 0 radical (unpaired) electrons. The van der Waals surface area contributed by atoms with Crippen LogP contribution in [-0.2, 0) is 52.2 Å². The lowest BCUT2D eigenvalue weighted by Gasteiger charge is -2.50. The van der Waals surface area contributed by atoms with Crippen molar-refractivity contribution in [1.82, 2.24) is 10.6 Å². The highest BCUT2D eigenvalue weighted by atomic mass is 16.8. The van der Waals surface area contributed by atoms with Crippen molar-refractivity contribution in [3.05, 3.63) is 0 Å². The van der Waals surface area contributed by atoms with E-state index in [1.807, 2.05) is 0 Å². The summed E-state index contributed by atoms with van der Waals surface area (Å²) in [4.78, 5) is 24.4. The summed E-state index contributed by atoms with van der Waals surface area (Å²) >= 11 is 0. The Bertz CT molecular complexity index is 1460. The highest BCUT2D eigenvalue weighted by Crippen LogP contribution is 2.36. The van der Waals surface area contributed by atoms with E-state index in [-0.39, 0.29) is 0 Å². The van der Waals surface area contributed by atoms with E-state index in [0.29, 0.717) is 0 Å². The summed E-state index contributed by atoms with van der Waals surface area (Å²) in [6.45, 7) is -1.21. The van der Waals surface area contributed by atoms with Crippen LogP contribution in [0.3, 0.4) is 0 Å². The molecular weight excluding hydrogens is 860 g/mol. The molecule has 16 N–H and O–H groups in total. The van der Waals surface area contributed by atoms with Crippen LogP contribution in [0.1, 0.15) is 20.8 Å². The Hall–Kier alpha value is -1.98. The normalized spacial score (nSPS) is 48.4. The third-order valence-corrected chi connectivity index (χ3v) is 11.7. The van der Waals surface area contributed by atoms with E-state index in [9.17, 15) is 81.1 Å². The van der Waals surface area contributed by atoms with Crippen molar-refractivity contribution in [2.45, 2.75) is 168 Å². The van der Waals surface area contributed by atoms with Crippen LogP contribution in [0.25, 0.3) is 0 Å². The van der Waals surface area contributed by atoms with Gasteiger partial charge in [-0.15, -0.1) is 0 Å². The first-order valence-electron chi connectivity index (χ1n) is 20.4. The van der Waals surface area contributed by atoms with Crippen molar-refractivity contribution >= 4 is 11.8 Å². The van der Waals surface area contributed by atoms with Crippen molar-refractivity contribution in [2.24, 2.45) is 5.92 Å². The predicted octanol–water partition coefficient (Wildman–Crippen LogP) is -10.3. The number of nitrogens with one attached hydrogen (secondary N) is 2. The number of aliphatic hydroxyl groups excluding tert-OH is 14. The molecule has 2 amide bonds. The van der Waals surface area contributed by atoms with E-state index in [4.69, 9.17) is 42.6 Å². The number of aliphatic hydroxyl groups is 14. The van der Waals surface area contributed by atoms with Crippen LogP contribution in [0.15, 0.2) is 0 Å². The van der Waals surface area contributed by atoms with Gasteiger partial charge in [-0.05, 0) is 6.92 Å². The third-order valence-electron chi connectivity index (χ3n) is 11.7. The molecule has 0 aromatic carbocycles. The molecule has 14 unspecified atom stereocenters. The van der Waals surface area contributed by atoms with Gasteiger partial charge in [0.05, 0.1) is 63.8 Å². The lowest BCUT2D eigenvalue weighted by Crippen LogP contribution is -2.70. The third kappa shape index (κ3) is 11.4. The minimum absolute atomic E-state index is 0.531. The molecule has 27 heteroatoms. The lowest BCUT2D eigenvalue weighted by atomic mass is 9.91. The fourth-order valence-electron chi connectivity index (χ4n) is 8.27. The molecule has 0 bridgehead atoms. The van der Waals surface area contributed by atoms with Crippen LogP contribution < -0.4 is 10.6 Å². The van der Waals surface area contributed by atoms with Gasteiger partial charge < -0.3 is 125 Å². The summed E-state index contributed by atoms with van der Waals surface area (Å²) in [5.74, 6) is -2.72. The Kier molecular flexibility index (Phi) is 18.7. The zero-order valence-corrected chi connectivity index (χ0v) is 34.4. The number of hydrogen-bond acceptors (Lipinski definition) is 25. The molecule has 366 valence electrons. The van der Waals surface area contributed by atoms with Gasteiger partial charge >= 0.3 is 0 Å². The quantitative estimate of drug-likeness (QED) is 0.0683. The summed E-state index contributed by atoms with van der Waals surface area (Å²) in [7, 11) is 0. The minimum Gasteiger partial charge on any atom is -0.396 e. The van der Waals surface area contributed by atoms with Crippen molar-refractivity contribution in [3.8, 4) is 0 Å². The highest BCUT2D eigenvalue weighted by molar-refractivity contribution is 5.73. The molecule has 0 saturated carbocycles. The largest absolute Gasteiger partial charge is 0.396 e. The Morgan fingerprint density at radius 1 is 0.444 bits per heavy atom. The van der Waals surface area contributed by atoms with Crippen molar-refractivity contribution in [2.75, 3.05) is 39.6 Å². The Labute approximate surface area is 359 Å². The van der Waals surface area contributed by atoms with Gasteiger partial charge in [-0.25, -0.2) is 0 Å². The van der Waals surface area contributed by atoms with Crippen LogP contribution in [0.2, 0.25) is 0 Å². The molecule has 0 aliphatic carbocycles. The van der Waals surface area contributed by atoms with E-state index in [2.05, 4.69) is 10.6 Å². The molecule has 5 aliphatic heterocycles. The molecule has 63 heavy (non-hydrogen) atoms. The summed E-state index contributed by atoms with van der Waals surface area (Å²) in [5, 5.41) is 154. The SMILES string of the molecule is CC(=O)NC1C(O)[C@H](O[C@@H]2OC(CO[C@H]3OC(CO)[C@@H](O)C(O)[C@H]3O)[C@@H](O)C(O[C@H]3OC(CO)[C@@H](O)C(O)C3CO)C2O)C(CO)O[C@H]1O[C@@H]1C(CO)O[C@@H](C)C(NC(C)=O)C1O. The summed E-state index contributed by atoms with van der Waals surface area (Å²) in [6, 6.07) is -2.68. The van der Waals surface area contributed by atoms with Gasteiger partial charge in [0.2, 0.25) is 11.8 Å². The molecule has 5 rings (SSSR count). The van der Waals surface area contributed by atoms with Crippen LogP contribution >= 0.6 is 0 Å². The second kappa shape index (κ2) is 22.7. The smallest absolute Gasteiger partial charge is 0.217 e. The zero-order valence-electron chi connectivity index (χ0n) is 34.4. The predicted molar refractivity (Wildman–Crippen MR) is 198 cm³/mol. The number of carbonyl (C=O) groups is 2. The van der Waals surface area contributed by atoms with Crippen LogP contribution in [-0.4, -0.2) is 270 Å². The zero-order chi connectivity index (χ0) is 46.6. The fourth-order valence-corrected chi connectivity index (χ4v) is 8.27. The van der Waals surface area contributed by atoms with E-state index in [1.54, 1.807) is 0 Å². The maximum atomic E-state index is 12.5. The van der Waals surface area contributed by atoms with Crippen molar-refractivity contribution in [3.63, 3.8) is 0 Å². The van der Waals surface area contributed by atoms with Gasteiger partial charge in [0.15, 0.2) is 25.2 Å². The first-order chi connectivity index (χ1) is 29.8. The molecule has 25 atom stereocenters. The van der Waals surface area contributed by atoms with Gasteiger partial charge in [-0.2, -0.15) is 0 Å². The maximum Gasteiger partial charge on any atom is 0.217 e. The highest BCUT2D eigenvalue weighted by Gasteiger charge is 2.56. The number of amides is 2.